The Kier molecular flexibility index (Phi) is 4.17. The Balaban J connectivity index is 3.03. The number of benzene rings is 1. The molecule has 0 radical (unpaired) electrons. The molecular weight excluding hydrogens is 202 g/mol. The Hall–Kier alpha value is -1.71. The molecule has 1 aromatic rings. The zero-order valence-corrected chi connectivity index (χ0v) is 10.6. The molecule has 0 N–H and O–H groups in total. The third-order valence-corrected chi connectivity index (χ3v) is 2.08. The molecule has 0 saturated heterocycles. The SMILES string of the molecule is COc1cccc(N=C(N(C)C)N(C)C)c1. The van der Waals surface area contributed by atoms with Gasteiger partial charge in [-0.1, -0.05) is 6.07 Å². The van der Waals surface area contributed by atoms with Gasteiger partial charge in [0.15, 0.2) is 0 Å². The standard InChI is InChI=1S/C12H19N3O/c1-14(2)12(15(3)4)13-10-7-6-8-11(9-10)16-5/h6-9H,1-5H3. The quantitative estimate of drug-likeness (QED) is 0.563. The summed E-state index contributed by atoms with van der Waals surface area (Å²) in [7, 11) is 9.54. The largest absolute Gasteiger partial charge is 0.497 e. The fraction of sp³-hybridized carbons (Fsp3) is 0.417. The number of guanidine groups is 1. The number of rotatable bonds is 2. The lowest BCUT2D eigenvalue weighted by molar-refractivity contribution is 0.415. The van der Waals surface area contributed by atoms with E-state index in [0.717, 1.165) is 17.4 Å². The smallest absolute Gasteiger partial charge is 0.200 e. The van der Waals surface area contributed by atoms with Gasteiger partial charge in [-0.05, 0) is 12.1 Å². The molecule has 0 aliphatic carbocycles. The zero-order chi connectivity index (χ0) is 12.1. The minimum Gasteiger partial charge on any atom is -0.497 e. The van der Waals surface area contributed by atoms with Crippen LogP contribution in [0.5, 0.6) is 5.75 Å². The first-order valence-electron chi connectivity index (χ1n) is 5.12. The summed E-state index contributed by atoms with van der Waals surface area (Å²) in [5.74, 6) is 1.71. The van der Waals surface area contributed by atoms with E-state index in [1.165, 1.54) is 0 Å². The Morgan fingerprint density at radius 1 is 1.12 bits per heavy atom. The van der Waals surface area contributed by atoms with Crippen LogP contribution in [0.25, 0.3) is 0 Å². The minimum atomic E-state index is 0.818. The van der Waals surface area contributed by atoms with Crippen molar-refractivity contribution in [1.82, 2.24) is 9.80 Å². The van der Waals surface area contributed by atoms with Crippen molar-refractivity contribution >= 4 is 11.6 Å². The van der Waals surface area contributed by atoms with Crippen molar-refractivity contribution in [1.29, 1.82) is 0 Å². The van der Waals surface area contributed by atoms with Crippen LogP contribution in [0.1, 0.15) is 0 Å². The fourth-order valence-electron chi connectivity index (χ4n) is 1.40. The van der Waals surface area contributed by atoms with Crippen molar-refractivity contribution in [3.8, 4) is 5.75 Å². The van der Waals surface area contributed by atoms with Gasteiger partial charge in [0.05, 0.1) is 12.8 Å². The van der Waals surface area contributed by atoms with E-state index in [0.29, 0.717) is 0 Å². The molecule has 88 valence electrons. The second-order valence-corrected chi connectivity index (χ2v) is 3.90. The molecule has 0 spiro atoms. The highest BCUT2D eigenvalue weighted by Gasteiger charge is 2.04. The molecule has 1 rings (SSSR count). The summed E-state index contributed by atoms with van der Waals surface area (Å²) in [4.78, 5) is 8.50. The summed E-state index contributed by atoms with van der Waals surface area (Å²) in [6.45, 7) is 0. The van der Waals surface area contributed by atoms with Gasteiger partial charge in [0.25, 0.3) is 0 Å². The van der Waals surface area contributed by atoms with Gasteiger partial charge < -0.3 is 14.5 Å². The van der Waals surface area contributed by atoms with Gasteiger partial charge in [-0.3, -0.25) is 0 Å². The van der Waals surface area contributed by atoms with Crippen molar-refractivity contribution < 1.29 is 4.74 Å². The van der Waals surface area contributed by atoms with Crippen LogP contribution < -0.4 is 4.74 Å². The van der Waals surface area contributed by atoms with E-state index in [9.17, 15) is 0 Å². The van der Waals surface area contributed by atoms with E-state index in [1.54, 1.807) is 7.11 Å². The van der Waals surface area contributed by atoms with Crippen LogP contribution in [0.4, 0.5) is 5.69 Å². The third kappa shape index (κ3) is 3.15. The first-order chi connectivity index (χ1) is 7.54. The molecule has 1 aromatic carbocycles. The lowest BCUT2D eigenvalue weighted by atomic mass is 10.3. The Morgan fingerprint density at radius 2 is 1.75 bits per heavy atom. The van der Waals surface area contributed by atoms with Crippen molar-refractivity contribution in [2.24, 2.45) is 4.99 Å². The van der Waals surface area contributed by atoms with Gasteiger partial charge in [0.1, 0.15) is 5.75 Å². The van der Waals surface area contributed by atoms with Gasteiger partial charge in [0, 0.05) is 34.3 Å². The van der Waals surface area contributed by atoms with Gasteiger partial charge in [-0.25, -0.2) is 4.99 Å². The van der Waals surface area contributed by atoms with Crippen LogP contribution in [-0.4, -0.2) is 51.1 Å². The monoisotopic (exact) mass is 221 g/mol. The molecule has 0 unspecified atom stereocenters. The molecule has 0 atom stereocenters. The van der Waals surface area contributed by atoms with Gasteiger partial charge in [-0.2, -0.15) is 0 Å². The number of hydrogen-bond donors (Lipinski definition) is 0. The second-order valence-electron chi connectivity index (χ2n) is 3.90. The number of hydrogen-bond acceptors (Lipinski definition) is 2. The average molecular weight is 221 g/mol. The second kappa shape index (κ2) is 5.39. The minimum absolute atomic E-state index is 0.818. The van der Waals surface area contributed by atoms with Crippen LogP contribution in [0, 0.1) is 0 Å². The Labute approximate surface area is 97.1 Å². The summed E-state index contributed by atoms with van der Waals surface area (Å²) in [6, 6.07) is 7.70. The molecule has 0 amide bonds. The molecule has 4 nitrogen and oxygen atoms in total. The zero-order valence-electron chi connectivity index (χ0n) is 10.6. The van der Waals surface area contributed by atoms with E-state index >= 15 is 0 Å². The van der Waals surface area contributed by atoms with Gasteiger partial charge in [-0.15, -0.1) is 0 Å². The van der Waals surface area contributed by atoms with Gasteiger partial charge in [0.2, 0.25) is 5.96 Å². The Bertz CT molecular complexity index is 362. The van der Waals surface area contributed by atoms with E-state index in [2.05, 4.69) is 4.99 Å². The predicted molar refractivity (Wildman–Crippen MR) is 67.5 cm³/mol. The maximum atomic E-state index is 5.16. The first kappa shape index (κ1) is 12.4. The number of nitrogens with zero attached hydrogens (tertiary/aromatic N) is 3. The van der Waals surface area contributed by atoms with Crippen molar-refractivity contribution in [3.05, 3.63) is 24.3 Å². The summed E-state index contributed by atoms with van der Waals surface area (Å²) in [5.41, 5.74) is 0.886. The van der Waals surface area contributed by atoms with Gasteiger partial charge >= 0.3 is 0 Å². The third-order valence-electron chi connectivity index (χ3n) is 2.08. The summed E-state index contributed by atoms with van der Waals surface area (Å²) >= 11 is 0. The molecular formula is C12H19N3O. The molecule has 0 bridgehead atoms. The summed E-state index contributed by atoms with van der Waals surface area (Å²) in [6.07, 6.45) is 0. The molecule has 0 aliphatic heterocycles. The summed E-state index contributed by atoms with van der Waals surface area (Å²) < 4.78 is 5.16. The van der Waals surface area contributed by atoms with Crippen molar-refractivity contribution in [3.63, 3.8) is 0 Å². The topological polar surface area (TPSA) is 28.1 Å². The normalized spacial score (nSPS) is 9.56. The highest BCUT2D eigenvalue weighted by Crippen LogP contribution is 2.19. The van der Waals surface area contributed by atoms with Crippen molar-refractivity contribution in [2.75, 3.05) is 35.3 Å². The predicted octanol–water partition coefficient (Wildman–Crippen LogP) is 1.81. The average Bonchev–Trinajstić information content (AvgIpc) is 2.25. The molecule has 0 saturated carbocycles. The van der Waals surface area contributed by atoms with Crippen LogP contribution in [-0.2, 0) is 0 Å². The molecule has 0 fully saturated rings. The number of methoxy groups -OCH3 is 1. The maximum absolute atomic E-state index is 5.16. The maximum Gasteiger partial charge on any atom is 0.200 e. The lowest BCUT2D eigenvalue weighted by Gasteiger charge is -2.22. The number of ether oxygens (including phenoxy) is 1. The summed E-state index contributed by atoms with van der Waals surface area (Å²) in [5, 5.41) is 0. The van der Waals surface area contributed by atoms with Crippen LogP contribution in [0.3, 0.4) is 0 Å². The lowest BCUT2D eigenvalue weighted by Crippen LogP contribution is -2.35. The molecule has 0 aromatic heterocycles. The van der Waals surface area contributed by atoms with Crippen LogP contribution in [0.2, 0.25) is 0 Å². The highest BCUT2D eigenvalue weighted by molar-refractivity contribution is 5.82. The number of aliphatic imine (C=N–C) groups is 1. The van der Waals surface area contributed by atoms with E-state index in [4.69, 9.17) is 4.74 Å². The Morgan fingerprint density at radius 3 is 2.25 bits per heavy atom. The van der Waals surface area contributed by atoms with E-state index < -0.39 is 0 Å². The van der Waals surface area contributed by atoms with Crippen molar-refractivity contribution in [2.45, 2.75) is 0 Å². The fourth-order valence-corrected chi connectivity index (χ4v) is 1.40. The van der Waals surface area contributed by atoms with E-state index in [-0.39, 0.29) is 0 Å². The first-order valence-corrected chi connectivity index (χ1v) is 5.12. The molecule has 16 heavy (non-hydrogen) atoms. The molecule has 0 aliphatic rings. The highest BCUT2D eigenvalue weighted by atomic mass is 16.5. The molecule has 0 heterocycles. The van der Waals surface area contributed by atoms with E-state index in [1.807, 2.05) is 62.3 Å². The van der Waals surface area contributed by atoms with Crippen LogP contribution >= 0.6 is 0 Å². The molecule has 4 heteroatoms. The van der Waals surface area contributed by atoms with Crippen LogP contribution in [0.15, 0.2) is 29.3 Å².